The number of fused-ring (bicyclic) bond motifs is 8. The Morgan fingerprint density at radius 3 is 2.31 bits per heavy atom. The molecule has 3 atom stereocenters. The number of morpholine rings is 1. The minimum absolute atomic E-state index is 0.00855. The van der Waals surface area contributed by atoms with E-state index in [0.29, 0.717) is 56.2 Å². The van der Waals surface area contributed by atoms with E-state index >= 15 is 0 Å². The molecule has 5 aromatic rings. The van der Waals surface area contributed by atoms with Crippen LogP contribution in [0.1, 0.15) is 67.3 Å². The number of carbonyl (C=O) groups is 2. The highest BCUT2D eigenvalue weighted by Crippen LogP contribution is 2.59. The van der Waals surface area contributed by atoms with Gasteiger partial charge in [-0.2, -0.15) is 0 Å². The highest BCUT2D eigenvalue weighted by molar-refractivity contribution is 6.10. The van der Waals surface area contributed by atoms with E-state index < -0.39 is 29.0 Å². The third kappa shape index (κ3) is 6.16. The topological polar surface area (TPSA) is 109 Å². The van der Waals surface area contributed by atoms with Gasteiger partial charge in [-0.05, 0) is 95.3 Å². The molecule has 2 fully saturated rings. The van der Waals surface area contributed by atoms with Crippen LogP contribution in [-0.4, -0.2) is 68.2 Å². The highest BCUT2D eigenvalue weighted by Gasteiger charge is 2.45. The van der Waals surface area contributed by atoms with Crippen LogP contribution in [0.5, 0.6) is 11.5 Å². The third-order valence-corrected chi connectivity index (χ3v) is 12.9. The molecule has 2 saturated heterocycles. The maximum absolute atomic E-state index is 14.5. The van der Waals surface area contributed by atoms with Gasteiger partial charge >= 0.3 is 11.9 Å². The molecule has 1 aliphatic carbocycles. The number of methoxy groups -OCH3 is 1. The minimum Gasteiger partial charge on any atom is -0.495 e. The Bertz CT molecular complexity index is 2460. The SMILES string of the molecule is COc1cc2c3c(c4c(c2cc1N1CCC(CCC(=O)O)CC1C(=O)O)-c1ccccc1C4(C)C)C=CC(c1ccc(F)cc1)(c1ccc(N2CCOCC2)cc1)O3. The lowest BCUT2D eigenvalue weighted by Crippen LogP contribution is -2.47. The Morgan fingerprint density at radius 2 is 1.62 bits per heavy atom. The van der Waals surface area contributed by atoms with Gasteiger partial charge < -0.3 is 34.2 Å². The molecule has 0 saturated carbocycles. The highest BCUT2D eigenvalue weighted by atomic mass is 19.1. The fourth-order valence-corrected chi connectivity index (χ4v) is 9.92. The molecule has 3 heterocycles. The maximum Gasteiger partial charge on any atom is 0.326 e. The predicted octanol–water partition coefficient (Wildman–Crippen LogP) is 9.01. The molecule has 58 heavy (non-hydrogen) atoms. The van der Waals surface area contributed by atoms with Crippen molar-refractivity contribution in [2.24, 2.45) is 5.92 Å². The van der Waals surface area contributed by atoms with Crippen LogP contribution in [0.15, 0.2) is 91.0 Å². The number of benzene rings is 5. The van der Waals surface area contributed by atoms with E-state index in [1.54, 1.807) is 19.2 Å². The van der Waals surface area contributed by atoms with Crippen molar-refractivity contribution in [1.82, 2.24) is 0 Å². The predicted molar refractivity (Wildman–Crippen MR) is 223 cm³/mol. The molecular formula is C48H47FN2O7. The number of halogens is 1. The molecule has 5 aromatic carbocycles. The number of aliphatic carboxylic acids is 2. The van der Waals surface area contributed by atoms with Crippen LogP contribution in [0.25, 0.3) is 28.0 Å². The van der Waals surface area contributed by atoms with E-state index in [-0.39, 0.29) is 18.2 Å². The van der Waals surface area contributed by atoms with E-state index in [1.165, 1.54) is 17.7 Å². The molecule has 0 bridgehead atoms. The first-order valence-electron chi connectivity index (χ1n) is 20.1. The number of carboxylic acids is 2. The van der Waals surface area contributed by atoms with Crippen LogP contribution in [0, 0.1) is 11.7 Å². The van der Waals surface area contributed by atoms with E-state index in [0.717, 1.165) is 62.9 Å². The summed E-state index contributed by atoms with van der Waals surface area (Å²) in [5, 5.41) is 21.6. The normalized spacial score (nSPS) is 21.9. The van der Waals surface area contributed by atoms with Crippen LogP contribution in [0.2, 0.25) is 0 Å². The fraction of sp³-hybridized carbons (Fsp3) is 0.333. The van der Waals surface area contributed by atoms with Crippen molar-refractivity contribution in [2.75, 3.05) is 49.8 Å². The molecule has 3 unspecified atom stereocenters. The zero-order chi connectivity index (χ0) is 40.3. The van der Waals surface area contributed by atoms with Gasteiger partial charge in [0.25, 0.3) is 0 Å². The second-order valence-corrected chi connectivity index (χ2v) is 16.4. The summed E-state index contributed by atoms with van der Waals surface area (Å²) in [6.45, 7) is 7.87. The summed E-state index contributed by atoms with van der Waals surface area (Å²) < 4.78 is 33.8. The number of ether oxygens (including phenoxy) is 3. The largest absolute Gasteiger partial charge is 0.495 e. The number of rotatable bonds is 9. The van der Waals surface area contributed by atoms with Crippen LogP contribution >= 0.6 is 0 Å². The zero-order valence-electron chi connectivity index (χ0n) is 33.0. The van der Waals surface area contributed by atoms with Gasteiger partial charge in [0, 0.05) is 59.2 Å². The molecule has 9 rings (SSSR count). The van der Waals surface area contributed by atoms with E-state index in [9.17, 15) is 24.2 Å². The molecule has 0 aromatic heterocycles. The Hall–Kier alpha value is -5.87. The van der Waals surface area contributed by atoms with Crippen LogP contribution in [0.3, 0.4) is 0 Å². The van der Waals surface area contributed by atoms with Gasteiger partial charge in [0.1, 0.15) is 23.4 Å². The summed E-state index contributed by atoms with van der Waals surface area (Å²) in [5.41, 5.74) is 7.28. The molecule has 4 aliphatic rings. The Kier molecular flexibility index (Phi) is 9.42. The van der Waals surface area contributed by atoms with Gasteiger partial charge in [0.05, 0.1) is 26.0 Å². The second kappa shape index (κ2) is 14.5. The first-order valence-corrected chi connectivity index (χ1v) is 20.1. The fourth-order valence-electron chi connectivity index (χ4n) is 9.92. The van der Waals surface area contributed by atoms with Crippen molar-refractivity contribution < 1.29 is 38.4 Å². The van der Waals surface area contributed by atoms with Gasteiger partial charge in [-0.15, -0.1) is 0 Å². The lowest BCUT2D eigenvalue weighted by Gasteiger charge is -2.40. The van der Waals surface area contributed by atoms with Crippen molar-refractivity contribution in [3.8, 4) is 22.6 Å². The van der Waals surface area contributed by atoms with Crippen molar-refractivity contribution in [3.63, 3.8) is 0 Å². The van der Waals surface area contributed by atoms with Gasteiger partial charge in [0.2, 0.25) is 0 Å². The zero-order valence-corrected chi connectivity index (χ0v) is 33.0. The van der Waals surface area contributed by atoms with E-state index in [4.69, 9.17) is 14.2 Å². The van der Waals surface area contributed by atoms with E-state index in [1.807, 2.05) is 11.0 Å². The molecule has 0 radical (unpaired) electrons. The number of hydrogen-bond donors (Lipinski definition) is 2. The minimum atomic E-state index is -1.13. The summed E-state index contributed by atoms with van der Waals surface area (Å²) in [5.74, 6) is -1.03. The lowest BCUT2D eigenvalue weighted by atomic mass is 9.76. The number of nitrogens with zero attached hydrogens (tertiary/aromatic N) is 2. The average molecular weight is 783 g/mol. The Labute approximate surface area is 337 Å². The summed E-state index contributed by atoms with van der Waals surface area (Å²) in [4.78, 5) is 28.5. The maximum atomic E-state index is 14.5. The average Bonchev–Trinajstić information content (AvgIpc) is 3.49. The Balaban J connectivity index is 1.25. The van der Waals surface area contributed by atoms with Crippen molar-refractivity contribution in [1.29, 1.82) is 0 Å². The van der Waals surface area contributed by atoms with Crippen molar-refractivity contribution in [2.45, 2.75) is 56.6 Å². The van der Waals surface area contributed by atoms with Gasteiger partial charge in [-0.3, -0.25) is 4.79 Å². The van der Waals surface area contributed by atoms with Gasteiger partial charge in [0.15, 0.2) is 5.60 Å². The molecule has 0 spiro atoms. The molecule has 10 heteroatoms. The van der Waals surface area contributed by atoms with Gasteiger partial charge in [-0.1, -0.05) is 68.5 Å². The number of piperidine rings is 1. The van der Waals surface area contributed by atoms with E-state index in [2.05, 4.69) is 85.5 Å². The summed E-state index contributed by atoms with van der Waals surface area (Å²) >= 11 is 0. The van der Waals surface area contributed by atoms with Crippen molar-refractivity contribution >= 4 is 40.2 Å². The number of anilines is 2. The van der Waals surface area contributed by atoms with Crippen molar-refractivity contribution in [3.05, 3.63) is 125 Å². The lowest BCUT2D eigenvalue weighted by molar-refractivity contribution is -0.139. The second-order valence-electron chi connectivity index (χ2n) is 16.4. The quantitative estimate of drug-likeness (QED) is 0.152. The molecule has 2 N–H and O–H groups in total. The third-order valence-electron chi connectivity index (χ3n) is 12.9. The smallest absolute Gasteiger partial charge is 0.326 e. The summed E-state index contributed by atoms with van der Waals surface area (Å²) in [6, 6.07) is 26.5. The number of carboxylic acid groups (broad SMARTS) is 2. The summed E-state index contributed by atoms with van der Waals surface area (Å²) in [7, 11) is 1.60. The molecule has 298 valence electrons. The molecule has 3 aliphatic heterocycles. The first kappa shape index (κ1) is 37.7. The molecule has 0 amide bonds. The monoisotopic (exact) mass is 782 g/mol. The van der Waals surface area contributed by atoms with Crippen LogP contribution in [0.4, 0.5) is 15.8 Å². The standard InChI is InChI=1S/C48H47FN2O7/c1-47(2)38-7-5-4-6-34(38)43-36-27-39(51-21-19-29(8-17-42(52)53)26-40(51)46(54)55)41(56-3)28-37(36)45-35(44(43)47)18-20-48(58-45,30-9-13-32(49)14-10-30)31-11-15-33(16-12-31)50-22-24-57-25-23-50/h4-7,9-16,18,20,27-29,40H,8,17,19,21-26H2,1-3H3,(H,52,53)(H,54,55). The number of hydrogen-bond acceptors (Lipinski definition) is 7. The Morgan fingerprint density at radius 1 is 0.914 bits per heavy atom. The van der Waals surface area contributed by atoms with Crippen LogP contribution in [-0.2, 0) is 25.3 Å². The molecule has 9 nitrogen and oxygen atoms in total. The molecular weight excluding hydrogens is 736 g/mol. The summed E-state index contributed by atoms with van der Waals surface area (Å²) in [6.07, 6.45) is 5.69. The van der Waals surface area contributed by atoms with Gasteiger partial charge in [-0.25, -0.2) is 9.18 Å². The first-order chi connectivity index (χ1) is 28.0. The van der Waals surface area contributed by atoms with Crippen LogP contribution < -0.4 is 19.3 Å².